The number of carbonyl (C=O) groups is 1. The summed E-state index contributed by atoms with van der Waals surface area (Å²) in [6, 6.07) is 3.82. The molecule has 1 unspecified atom stereocenters. The van der Waals surface area contributed by atoms with Crippen molar-refractivity contribution >= 4 is 24.1 Å². The number of halogens is 1. The lowest BCUT2D eigenvalue weighted by Crippen LogP contribution is -2.35. The molecule has 0 aromatic carbocycles. The average molecular weight is 285 g/mol. The average Bonchev–Trinajstić information content (AvgIpc) is 2.81. The molecule has 0 aliphatic carbocycles. The van der Waals surface area contributed by atoms with Gasteiger partial charge in [0, 0.05) is 12.7 Å². The van der Waals surface area contributed by atoms with Gasteiger partial charge in [0.15, 0.2) is 0 Å². The van der Waals surface area contributed by atoms with E-state index in [0.717, 1.165) is 31.5 Å². The predicted molar refractivity (Wildman–Crippen MR) is 78.5 cm³/mol. The van der Waals surface area contributed by atoms with Gasteiger partial charge < -0.3 is 15.5 Å². The third-order valence-corrected chi connectivity index (χ3v) is 2.95. The molecule has 1 aromatic heterocycles. The van der Waals surface area contributed by atoms with Gasteiger partial charge in [0.25, 0.3) is 0 Å². The first-order valence-corrected chi connectivity index (χ1v) is 6.29. The number of rotatable bonds is 4. The van der Waals surface area contributed by atoms with Gasteiger partial charge in [-0.2, -0.15) is 0 Å². The van der Waals surface area contributed by atoms with Crippen LogP contribution in [0.25, 0.3) is 0 Å². The molecule has 1 aromatic rings. The van der Waals surface area contributed by atoms with Crippen molar-refractivity contribution in [3.8, 4) is 0 Å². The molecule has 1 saturated heterocycles. The molecule has 5 nitrogen and oxygen atoms in total. The molecular formula is C13H21ClN4O. The van der Waals surface area contributed by atoms with Crippen molar-refractivity contribution in [3.05, 3.63) is 23.9 Å². The van der Waals surface area contributed by atoms with E-state index in [2.05, 4.69) is 20.5 Å². The minimum absolute atomic E-state index is 0. The number of pyridine rings is 1. The van der Waals surface area contributed by atoms with E-state index in [-0.39, 0.29) is 24.4 Å². The van der Waals surface area contributed by atoms with E-state index in [1.807, 2.05) is 26.2 Å². The predicted octanol–water partition coefficient (Wildman–Crippen LogP) is 1.26. The molecule has 0 saturated carbocycles. The van der Waals surface area contributed by atoms with Crippen molar-refractivity contribution in [2.24, 2.45) is 0 Å². The van der Waals surface area contributed by atoms with Crippen molar-refractivity contribution < 1.29 is 4.79 Å². The third kappa shape index (κ3) is 4.78. The third-order valence-electron chi connectivity index (χ3n) is 2.95. The number of amides is 1. The Kier molecular flexibility index (Phi) is 6.21. The van der Waals surface area contributed by atoms with Gasteiger partial charge in [-0.15, -0.1) is 12.4 Å². The fraction of sp³-hybridized carbons (Fsp3) is 0.538. The number of aromatic nitrogens is 1. The van der Waals surface area contributed by atoms with Gasteiger partial charge in [-0.25, -0.2) is 4.98 Å². The first-order valence-electron chi connectivity index (χ1n) is 6.29. The molecule has 19 heavy (non-hydrogen) atoms. The van der Waals surface area contributed by atoms with E-state index in [9.17, 15) is 4.79 Å². The van der Waals surface area contributed by atoms with Crippen molar-refractivity contribution in [2.45, 2.75) is 25.4 Å². The summed E-state index contributed by atoms with van der Waals surface area (Å²) in [5, 5.41) is 6.04. The highest BCUT2D eigenvalue weighted by atomic mass is 35.5. The number of carbonyl (C=O) groups excluding carboxylic acids is 1. The summed E-state index contributed by atoms with van der Waals surface area (Å²) in [5.41, 5.74) is 1.14. The van der Waals surface area contributed by atoms with Crippen LogP contribution in [0.4, 0.5) is 5.82 Å². The van der Waals surface area contributed by atoms with Gasteiger partial charge in [-0.3, -0.25) is 4.79 Å². The van der Waals surface area contributed by atoms with Crippen molar-refractivity contribution in [3.63, 3.8) is 0 Å². The standard InChI is InChI=1S/C13H20N4O.ClH/c1-17(2)9-10-5-7-15-12(8-10)16-13(18)11-4-3-6-14-11;/h5,7-8,11,14H,3-4,6,9H2,1-2H3,(H,15,16,18);1H. The van der Waals surface area contributed by atoms with Gasteiger partial charge in [0.05, 0.1) is 6.04 Å². The Bertz CT molecular complexity index is 419. The molecule has 1 amide bonds. The Morgan fingerprint density at radius 3 is 3.00 bits per heavy atom. The maximum atomic E-state index is 11.9. The Labute approximate surface area is 120 Å². The molecule has 0 radical (unpaired) electrons. The van der Waals surface area contributed by atoms with Crippen molar-refractivity contribution in [1.29, 1.82) is 0 Å². The molecule has 0 spiro atoms. The summed E-state index contributed by atoms with van der Waals surface area (Å²) in [7, 11) is 4.03. The first-order chi connectivity index (χ1) is 8.65. The van der Waals surface area contributed by atoms with Crippen LogP contribution in [0, 0.1) is 0 Å². The van der Waals surface area contributed by atoms with Gasteiger partial charge in [-0.05, 0) is 51.2 Å². The number of nitrogens with one attached hydrogen (secondary N) is 2. The van der Waals surface area contributed by atoms with Crippen LogP contribution in [0.2, 0.25) is 0 Å². The van der Waals surface area contributed by atoms with E-state index in [4.69, 9.17) is 0 Å². The van der Waals surface area contributed by atoms with Gasteiger partial charge >= 0.3 is 0 Å². The van der Waals surface area contributed by atoms with Crippen molar-refractivity contribution in [1.82, 2.24) is 15.2 Å². The molecule has 2 heterocycles. The van der Waals surface area contributed by atoms with E-state index in [1.54, 1.807) is 6.20 Å². The molecular weight excluding hydrogens is 264 g/mol. The second kappa shape index (κ2) is 7.43. The van der Waals surface area contributed by atoms with Gasteiger partial charge in [-0.1, -0.05) is 0 Å². The zero-order valence-electron chi connectivity index (χ0n) is 11.3. The Hall–Kier alpha value is -1.17. The summed E-state index contributed by atoms with van der Waals surface area (Å²) < 4.78 is 0. The van der Waals surface area contributed by atoms with Crippen LogP contribution in [-0.4, -0.2) is 42.5 Å². The monoisotopic (exact) mass is 284 g/mol. The molecule has 1 fully saturated rings. The second-order valence-electron chi connectivity index (χ2n) is 4.93. The maximum absolute atomic E-state index is 11.9. The maximum Gasteiger partial charge on any atom is 0.242 e. The SMILES string of the molecule is CN(C)Cc1ccnc(NC(=O)C2CCCN2)c1.Cl. The van der Waals surface area contributed by atoms with Gasteiger partial charge in [0.2, 0.25) is 5.91 Å². The number of hydrogen-bond donors (Lipinski definition) is 2. The Balaban J connectivity index is 0.00000180. The summed E-state index contributed by atoms with van der Waals surface area (Å²) in [4.78, 5) is 18.2. The van der Waals surface area contributed by atoms with Crippen LogP contribution in [0.15, 0.2) is 18.3 Å². The topological polar surface area (TPSA) is 57.3 Å². The molecule has 1 aliphatic rings. The highest BCUT2D eigenvalue weighted by Crippen LogP contribution is 2.11. The molecule has 1 atom stereocenters. The lowest BCUT2D eigenvalue weighted by Gasteiger charge is -2.13. The lowest BCUT2D eigenvalue weighted by molar-refractivity contribution is -0.117. The quantitative estimate of drug-likeness (QED) is 0.874. The van der Waals surface area contributed by atoms with E-state index in [0.29, 0.717) is 5.82 Å². The van der Waals surface area contributed by atoms with E-state index >= 15 is 0 Å². The second-order valence-corrected chi connectivity index (χ2v) is 4.93. The van der Waals surface area contributed by atoms with Crippen molar-refractivity contribution in [2.75, 3.05) is 26.0 Å². The van der Waals surface area contributed by atoms with Gasteiger partial charge in [0.1, 0.15) is 5.82 Å². The minimum atomic E-state index is -0.0655. The number of anilines is 1. The van der Waals surface area contributed by atoms with Crippen LogP contribution in [0.3, 0.4) is 0 Å². The summed E-state index contributed by atoms with van der Waals surface area (Å²) >= 11 is 0. The van der Waals surface area contributed by atoms with Crippen LogP contribution in [0.1, 0.15) is 18.4 Å². The highest BCUT2D eigenvalue weighted by molar-refractivity contribution is 5.94. The largest absolute Gasteiger partial charge is 0.309 e. The summed E-state index contributed by atoms with van der Waals surface area (Å²) in [6.07, 6.45) is 3.70. The zero-order chi connectivity index (χ0) is 13.0. The van der Waals surface area contributed by atoms with E-state index < -0.39 is 0 Å². The first kappa shape index (κ1) is 15.9. The smallest absolute Gasteiger partial charge is 0.242 e. The van der Waals surface area contributed by atoms with Crippen LogP contribution < -0.4 is 10.6 Å². The Morgan fingerprint density at radius 1 is 1.58 bits per heavy atom. The molecule has 2 rings (SSSR count). The summed E-state index contributed by atoms with van der Waals surface area (Å²) in [5.74, 6) is 0.648. The zero-order valence-corrected chi connectivity index (χ0v) is 12.2. The fourth-order valence-corrected chi connectivity index (χ4v) is 2.13. The summed E-state index contributed by atoms with van der Waals surface area (Å²) in [6.45, 7) is 1.76. The molecule has 106 valence electrons. The fourth-order valence-electron chi connectivity index (χ4n) is 2.13. The molecule has 2 N–H and O–H groups in total. The molecule has 1 aliphatic heterocycles. The van der Waals surface area contributed by atoms with E-state index in [1.165, 1.54) is 0 Å². The van der Waals surface area contributed by atoms with Crippen LogP contribution in [-0.2, 0) is 11.3 Å². The minimum Gasteiger partial charge on any atom is -0.309 e. The Morgan fingerprint density at radius 2 is 2.37 bits per heavy atom. The molecule has 6 heteroatoms. The lowest BCUT2D eigenvalue weighted by atomic mass is 10.2. The van der Waals surface area contributed by atoms with Crippen LogP contribution in [0.5, 0.6) is 0 Å². The number of hydrogen-bond acceptors (Lipinski definition) is 4. The highest BCUT2D eigenvalue weighted by Gasteiger charge is 2.22. The normalized spacial score (nSPS) is 18.2. The van der Waals surface area contributed by atoms with Crippen LogP contribution >= 0.6 is 12.4 Å². The molecule has 0 bridgehead atoms. The number of nitrogens with zero attached hydrogens (tertiary/aromatic N) is 2.